The summed E-state index contributed by atoms with van der Waals surface area (Å²) in [5.74, 6) is -0.128. The SMILES string of the molecule is N[C@H](C(=O)NCCc1ccsc1)c1ccccc1. The molecule has 0 saturated carbocycles. The second kappa shape index (κ2) is 6.33. The van der Waals surface area contributed by atoms with E-state index in [1.807, 2.05) is 35.7 Å². The smallest absolute Gasteiger partial charge is 0.241 e. The van der Waals surface area contributed by atoms with Crippen molar-refractivity contribution in [2.45, 2.75) is 12.5 Å². The van der Waals surface area contributed by atoms with Gasteiger partial charge in [0.25, 0.3) is 0 Å². The molecule has 1 atom stereocenters. The molecule has 1 aromatic heterocycles. The van der Waals surface area contributed by atoms with Gasteiger partial charge in [0.1, 0.15) is 6.04 Å². The van der Waals surface area contributed by atoms with Gasteiger partial charge in [-0.05, 0) is 34.4 Å². The third-order valence-electron chi connectivity index (χ3n) is 2.73. The average Bonchev–Trinajstić information content (AvgIpc) is 2.92. The molecule has 0 spiro atoms. The minimum absolute atomic E-state index is 0.128. The summed E-state index contributed by atoms with van der Waals surface area (Å²) in [6.07, 6.45) is 0.844. The zero-order chi connectivity index (χ0) is 12.8. The highest BCUT2D eigenvalue weighted by Crippen LogP contribution is 2.09. The van der Waals surface area contributed by atoms with Crippen LogP contribution in [0, 0.1) is 0 Å². The summed E-state index contributed by atoms with van der Waals surface area (Å²) < 4.78 is 0. The van der Waals surface area contributed by atoms with Gasteiger partial charge < -0.3 is 11.1 Å². The zero-order valence-electron chi connectivity index (χ0n) is 10.0. The molecule has 2 aromatic rings. The van der Waals surface area contributed by atoms with E-state index in [-0.39, 0.29) is 5.91 Å². The normalized spacial score (nSPS) is 12.1. The van der Waals surface area contributed by atoms with E-state index in [2.05, 4.69) is 16.8 Å². The van der Waals surface area contributed by atoms with Crippen LogP contribution in [0.2, 0.25) is 0 Å². The van der Waals surface area contributed by atoms with Crippen molar-refractivity contribution < 1.29 is 4.79 Å². The first-order chi connectivity index (χ1) is 8.77. The molecule has 0 aliphatic carbocycles. The van der Waals surface area contributed by atoms with Crippen LogP contribution >= 0.6 is 11.3 Å². The Morgan fingerprint density at radius 2 is 2.06 bits per heavy atom. The van der Waals surface area contributed by atoms with Gasteiger partial charge in [-0.25, -0.2) is 0 Å². The molecule has 94 valence electrons. The number of thiophene rings is 1. The largest absolute Gasteiger partial charge is 0.354 e. The summed E-state index contributed by atoms with van der Waals surface area (Å²) in [5, 5.41) is 6.98. The minimum atomic E-state index is -0.589. The molecular weight excluding hydrogens is 244 g/mol. The minimum Gasteiger partial charge on any atom is -0.354 e. The number of hydrogen-bond donors (Lipinski definition) is 2. The van der Waals surface area contributed by atoms with Gasteiger partial charge in [0.05, 0.1) is 0 Å². The molecule has 0 aliphatic rings. The molecule has 0 saturated heterocycles. The molecule has 4 heteroatoms. The Kier molecular flexibility index (Phi) is 4.50. The highest BCUT2D eigenvalue weighted by molar-refractivity contribution is 7.07. The predicted octanol–water partition coefficient (Wildman–Crippen LogP) is 2.11. The van der Waals surface area contributed by atoms with E-state index in [0.29, 0.717) is 6.54 Å². The van der Waals surface area contributed by atoms with Gasteiger partial charge in [-0.15, -0.1) is 0 Å². The number of hydrogen-bond acceptors (Lipinski definition) is 3. The summed E-state index contributed by atoms with van der Waals surface area (Å²) in [4.78, 5) is 11.8. The molecule has 1 heterocycles. The van der Waals surface area contributed by atoms with Gasteiger partial charge in [0, 0.05) is 6.54 Å². The topological polar surface area (TPSA) is 55.1 Å². The fourth-order valence-electron chi connectivity index (χ4n) is 1.69. The lowest BCUT2D eigenvalue weighted by Crippen LogP contribution is -2.35. The highest BCUT2D eigenvalue weighted by atomic mass is 32.1. The van der Waals surface area contributed by atoms with Crippen LogP contribution < -0.4 is 11.1 Å². The third kappa shape index (κ3) is 3.42. The highest BCUT2D eigenvalue weighted by Gasteiger charge is 2.14. The van der Waals surface area contributed by atoms with Crippen molar-refractivity contribution in [1.29, 1.82) is 0 Å². The summed E-state index contributed by atoms with van der Waals surface area (Å²) in [6.45, 7) is 0.621. The molecule has 0 bridgehead atoms. The molecule has 1 amide bonds. The molecule has 0 radical (unpaired) electrons. The van der Waals surface area contributed by atoms with Crippen LogP contribution in [0.5, 0.6) is 0 Å². The second-order valence-corrected chi connectivity index (χ2v) is 4.84. The van der Waals surface area contributed by atoms with Crippen molar-refractivity contribution >= 4 is 17.2 Å². The molecule has 0 fully saturated rings. The third-order valence-corrected chi connectivity index (χ3v) is 3.47. The molecule has 2 rings (SSSR count). The van der Waals surface area contributed by atoms with E-state index < -0.39 is 6.04 Å². The number of carbonyl (C=O) groups excluding carboxylic acids is 1. The molecule has 0 aliphatic heterocycles. The first-order valence-electron chi connectivity index (χ1n) is 5.86. The Morgan fingerprint density at radius 3 is 2.72 bits per heavy atom. The van der Waals surface area contributed by atoms with Gasteiger partial charge in [0.2, 0.25) is 5.91 Å². The van der Waals surface area contributed by atoms with E-state index >= 15 is 0 Å². The summed E-state index contributed by atoms with van der Waals surface area (Å²) in [5.41, 5.74) is 7.97. The van der Waals surface area contributed by atoms with E-state index in [9.17, 15) is 4.79 Å². The summed E-state index contributed by atoms with van der Waals surface area (Å²) in [7, 11) is 0. The first kappa shape index (κ1) is 12.8. The molecule has 3 N–H and O–H groups in total. The van der Waals surface area contributed by atoms with E-state index in [1.54, 1.807) is 11.3 Å². The van der Waals surface area contributed by atoms with Crippen LogP contribution in [-0.2, 0) is 11.2 Å². The summed E-state index contributed by atoms with van der Waals surface area (Å²) in [6, 6.07) is 10.9. The van der Waals surface area contributed by atoms with E-state index in [1.165, 1.54) is 5.56 Å². The predicted molar refractivity (Wildman–Crippen MR) is 74.4 cm³/mol. The van der Waals surface area contributed by atoms with Crippen LogP contribution in [-0.4, -0.2) is 12.5 Å². The van der Waals surface area contributed by atoms with Crippen LogP contribution in [0.25, 0.3) is 0 Å². The lowest BCUT2D eigenvalue weighted by molar-refractivity contribution is -0.122. The molecule has 1 aromatic carbocycles. The second-order valence-electron chi connectivity index (χ2n) is 4.06. The Bertz CT molecular complexity index is 482. The number of amides is 1. The Balaban J connectivity index is 1.81. The first-order valence-corrected chi connectivity index (χ1v) is 6.81. The molecule has 3 nitrogen and oxygen atoms in total. The van der Waals surface area contributed by atoms with Gasteiger partial charge in [0.15, 0.2) is 0 Å². The van der Waals surface area contributed by atoms with Crippen LogP contribution in [0.1, 0.15) is 17.2 Å². The van der Waals surface area contributed by atoms with Crippen molar-refractivity contribution in [2.75, 3.05) is 6.54 Å². The average molecular weight is 260 g/mol. The maximum Gasteiger partial charge on any atom is 0.241 e. The number of carbonyl (C=O) groups is 1. The zero-order valence-corrected chi connectivity index (χ0v) is 10.8. The Hall–Kier alpha value is -1.65. The monoisotopic (exact) mass is 260 g/mol. The van der Waals surface area contributed by atoms with Crippen molar-refractivity contribution in [1.82, 2.24) is 5.32 Å². The van der Waals surface area contributed by atoms with Gasteiger partial charge >= 0.3 is 0 Å². The van der Waals surface area contributed by atoms with Crippen molar-refractivity contribution in [2.24, 2.45) is 5.73 Å². The fourth-order valence-corrected chi connectivity index (χ4v) is 2.39. The van der Waals surface area contributed by atoms with Crippen LogP contribution in [0.3, 0.4) is 0 Å². The summed E-state index contributed by atoms with van der Waals surface area (Å²) >= 11 is 1.66. The van der Waals surface area contributed by atoms with Crippen LogP contribution in [0.15, 0.2) is 47.2 Å². The Labute approximate surface area is 111 Å². The molecule has 0 unspecified atom stereocenters. The van der Waals surface area contributed by atoms with Gasteiger partial charge in [-0.1, -0.05) is 30.3 Å². The standard InChI is InChI=1S/C14H16N2OS/c15-13(12-4-2-1-3-5-12)14(17)16-8-6-11-7-9-18-10-11/h1-5,7,9-10,13H,6,8,15H2,(H,16,17)/t13-/m0/s1. The maximum absolute atomic E-state index is 11.8. The van der Waals surface area contributed by atoms with Crippen LogP contribution in [0.4, 0.5) is 0 Å². The Morgan fingerprint density at radius 1 is 1.28 bits per heavy atom. The van der Waals surface area contributed by atoms with E-state index in [4.69, 9.17) is 5.73 Å². The van der Waals surface area contributed by atoms with Gasteiger partial charge in [-0.2, -0.15) is 11.3 Å². The van der Waals surface area contributed by atoms with Crippen molar-refractivity contribution in [3.63, 3.8) is 0 Å². The van der Waals surface area contributed by atoms with E-state index in [0.717, 1.165) is 12.0 Å². The van der Waals surface area contributed by atoms with Crippen molar-refractivity contribution in [3.8, 4) is 0 Å². The molecule has 18 heavy (non-hydrogen) atoms. The number of benzene rings is 1. The lowest BCUT2D eigenvalue weighted by atomic mass is 10.1. The van der Waals surface area contributed by atoms with Crippen molar-refractivity contribution in [3.05, 3.63) is 58.3 Å². The quantitative estimate of drug-likeness (QED) is 0.865. The number of nitrogens with two attached hydrogens (primary N) is 1. The number of rotatable bonds is 5. The number of nitrogens with one attached hydrogen (secondary N) is 1. The lowest BCUT2D eigenvalue weighted by Gasteiger charge is -2.12. The fraction of sp³-hybridized carbons (Fsp3) is 0.214. The maximum atomic E-state index is 11.8. The molecular formula is C14H16N2OS. The van der Waals surface area contributed by atoms with Gasteiger partial charge in [-0.3, -0.25) is 4.79 Å².